The molecule has 0 saturated carbocycles. The van der Waals surface area contributed by atoms with Crippen LogP contribution in [-0.2, 0) is 24.3 Å². The molecule has 8 nitrogen and oxygen atoms in total. The largest absolute Gasteiger partial charge is 0.385 e. The van der Waals surface area contributed by atoms with Crippen LogP contribution in [0.2, 0.25) is 0 Å². The smallest absolute Gasteiger partial charge is 0.243 e. The van der Waals surface area contributed by atoms with Crippen molar-refractivity contribution < 1.29 is 22.7 Å². The number of amides is 2. The molecule has 1 aromatic rings. The minimum absolute atomic E-state index is 0.0260. The first-order valence-electron chi connectivity index (χ1n) is 11.0. The molecular formula is C22H33N3O5S. The van der Waals surface area contributed by atoms with Gasteiger partial charge in [-0.05, 0) is 51.2 Å². The molecule has 1 unspecified atom stereocenters. The van der Waals surface area contributed by atoms with Crippen LogP contribution in [0.3, 0.4) is 0 Å². The zero-order chi connectivity index (χ0) is 22.4. The van der Waals surface area contributed by atoms with Gasteiger partial charge in [-0.15, -0.1) is 0 Å². The first kappa shape index (κ1) is 23.7. The molecule has 2 saturated heterocycles. The first-order valence-corrected chi connectivity index (χ1v) is 12.4. The van der Waals surface area contributed by atoms with Crippen LogP contribution < -0.4 is 5.32 Å². The van der Waals surface area contributed by atoms with E-state index in [-0.39, 0.29) is 22.6 Å². The number of nitrogens with zero attached hydrogens (tertiary/aromatic N) is 2. The van der Waals surface area contributed by atoms with Crippen LogP contribution >= 0.6 is 0 Å². The highest BCUT2D eigenvalue weighted by Gasteiger charge is 2.39. The number of aryl methyl sites for hydroxylation is 1. The summed E-state index contributed by atoms with van der Waals surface area (Å²) in [7, 11) is -1.93. The maximum atomic E-state index is 13.1. The highest BCUT2D eigenvalue weighted by atomic mass is 32.2. The van der Waals surface area contributed by atoms with E-state index in [0.29, 0.717) is 52.0 Å². The van der Waals surface area contributed by atoms with Crippen LogP contribution in [0.25, 0.3) is 0 Å². The number of piperidine rings is 1. The summed E-state index contributed by atoms with van der Waals surface area (Å²) in [6.45, 7) is 4.23. The molecule has 0 radical (unpaired) electrons. The number of ether oxygens (including phenoxy) is 1. The number of nitrogens with one attached hydrogen (secondary N) is 1. The van der Waals surface area contributed by atoms with Crippen LogP contribution in [0.1, 0.15) is 37.7 Å². The van der Waals surface area contributed by atoms with Crippen LogP contribution in [0.4, 0.5) is 0 Å². The van der Waals surface area contributed by atoms with E-state index in [1.807, 2.05) is 6.92 Å². The molecule has 0 aromatic heterocycles. The molecule has 1 atom stereocenters. The number of carbonyl (C=O) groups is 2. The van der Waals surface area contributed by atoms with Gasteiger partial charge in [0.05, 0.1) is 4.90 Å². The summed E-state index contributed by atoms with van der Waals surface area (Å²) in [5.41, 5.74) is 1.01. The lowest BCUT2D eigenvalue weighted by atomic mass is 9.96. The fourth-order valence-corrected chi connectivity index (χ4v) is 5.76. The van der Waals surface area contributed by atoms with Crippen LogP contribution in [0, 0.1) is 12.8 Å². The Bertz CT molecular complexity index is 864. The molecule has 3 rings (SSSR count). The summed E-state index contributed by atoms with van der Waals surface area (Å²) in [4.78, 5) is 27.6. The second kappa shape index (κ2) is 10.6. The number of sulfonamides is 1. The van der Waals surface area contributed by atoms with Crippen molar-refractivity contribution in [3.8, 4) is 0 Å². The normalized spacial score (nSPS) is 20.7. The molecule has 2 aliphatic heterocycles. The second-order valence-corrected chi connectivity index (χ2v) is 10.3. The Balaban J connectivity index is 1.55. The maximum Gasteiger partial charge on any atom is 0.243 e. The lowest BCUT2D eigenvalue weighted by molar-refractivity contribution is -0.142. The van der Waals surface area contributed by atoms with Gasteiger partial charge in [-0.1, -0.05) is 17.7 Å². The van der Waals surface area contributed by atoms with Crippen molar-refractivity contribution in [2.24, 2.45) is 5.92 Å². The summed E-state index contributed by atoms with van der Waals surface area (Å²) < 4.78 is 32.2. The van der Waals surface area contributed by atoms with E-state index in [0.717, 1.165) is 18.4 Å². The van der Waals surface area contributed by atoms with Crippen LogP contribution in [0.15, 0.2) is 29.2 Å². The van der Waals surface area contributed by atoms with E-state index < -0.39 is 16.1 Å². The monoisotopic (exact) mass is 451 g/mol. The molecule has 1 aromatic carbocycles. The van der Waals surface area contributed by atoms with Crippen molar-refractivity contribution in [1.82, 2.24) is 14.5 Å². The highest BCUT2D eigenvalue weighted by Crippen LogP contribution is 2.28. The van der Waals surface area contributed by atoms with Gasteiger partial charge in [-0.3, -0.25) is 9.59 Å². The van der Waals surface area contributed by atoms with Gasteiger partial charge < -0.3 is 15.0 Å². The van der Waals surface area contributed by atoms with Gasteiger partial charge >= 0.3 is 0 Å². The maximum absolute atomic E-state index is 13.1. The summed E-state index contributed by atoms with van der Waals surface area (Å²) in [6.07, 6.45) is 3.16. The van der Waals surface area contributed by atoms with E-state index in [1.54, 1.807) is 36.3 Å². The number of hydrogen-bond donors (Lipinski definition) is 1. The third-order valence-electron chi connectivity index (χ3n) is 6.12. The van der Waals surface area contributed by atoms with Crippen molar-refractivity contribution in [3.05, 3.63) is 29.8 Å². The SMILES string of the molecule is COCCCNC(=O)C1CCCN1C(=O)C1CCN(S(=O)(=O)c2ccc(C)cc2)CC1. The van der Waals surface area contributed by atoms with Gasteiger partial charge in [0.2, 0.25) is 21.8 Å². The van der Waals surface area contributed by atoms with Gasteiger partial charge in [0.15, 0.2) is 0 Å². The van der Waals surface area contributed by atoms with Gasteiger partial charge in [-0.25, -0.2) is 8.42 Å². The summed E-state index contributed by atoms with van der Waals surface area (Å²) in [5, 5.41) is 2.90. The zero-order valence-corrected chi connectivity index (χ0v) is 19.2. The molecule has 2 aliphatic rings. The van der Waals surface area contributed by atoms with Crippen molar-refractivity contribution >= 4 is 21.8 Å². The van der Waals surface area contributed by atoms with Crippen molar-refractivity contribution in [3.63, 3.8) is 0 Å². The lowest BCUT2D eigenvalue weighted by Gasteiger charge is -2.34. The molecule has 0 bridgehead atoms. The molecule has 31 heavy (non-hydrogen) atoms. The number of benzene rings is 1. The van der Waals surface area contributed by atoms with Gasteiger partial charge in [0, 0.05) is 45.8 Å². The minimum Gasteiger partial charge on any atom is -0.385 e. The molecule has 2 amide bonds. The fraction of sp³-hybridized carbons (Fsp3) is 0.636. The fourth-order valence-electron chi connectivity index (χ4n) is 4.29. The Morgan fingerprint density at radius 2 is 1.77 bits per heavy atom. The summed E-state index contributed by atoms with van der Waals surface area (Å²) in [6, 6.07) is 6.40. The quantitative estimate of drug-likeness (QED) is 0.605. The zero-order valence-electron chi connectivity index (χ0n) is 18.4. The molecule has 9 heteroatoms. The molecule has 2 heterocycles. The van der Waals surface area contributed by atoms with E-state index in [1.165, 1.54) is 4.31 Å². The number of methoxy groups -OCH3 is 1. The van der Waals surface area contributed by atoms with E-state index in [9.17, 15) is 18.0 Å². The Morgan fingerprint density at radius 1 is 1.10 bits per heavy atom. The number of rotatable bonds is 8. The van der Waals surface area contributed by atoms with Crippen LogP contribution in [-0.4, -0.2) is 75.4 Å². The summed E-state index contributed by atoms with van der Waals surface area (Å²) >= 11 is 0. The Morgan fingerprint density at radius 3 is 2.42 bits per heavy atom. The Kier molecular flexibility index (Phi) is 8.07. The predicted molar refractivity (Wildman–Crippen MR) is 117 cm³/mol. The lowest BCUT2D eigenvalue weighted by Crippen LogP contribution is -2.50. The topological polar surface area (TPSA) is 96.0 Å². The number of hydrogen-bond acceptors (Lipinski definition) is 5. The molecule has 0 aliphatic carbocycles. The van der Waals surface area contributed by atoms with Crippen LogP contribution in [0.5, 0.6) is 0 Å². The standard InChI is InChI=1S/C22H33N3O5S/c1-17-6-8-19(9-7-17)31(28,29)24-14-10-18(11-15-24)22(27)25-13-3-5-20(25)21(26)23-12-4-16-30-2/h6-9,18,20H,3-5,10-16H2,1-2H3,(H,23,26). The van der Waals surface area contributed by atoms with Crippen molar-refractivity contribution in [1.29, 1.82) is 0 Å². The third-order valence-corrected chi connectivity index (χ3v) is 8.04. The molecule has 0 spiro atoms. The van der Waals surface area contributed by atoms with Gasteiger partial charge in [-0.2, -0.15) is 4.31 Å². The second-order valence-electron chi connectivity index (χ2n) is 8.32. The summed E-state index contributed by atoms with van der Waals surface area (Å²) in [5.74, 6) is -0.380. The molecule has 1 N–H and O–H groups in total. The van der Waals surface area contributed by atoms with Gasteiger partial charge in [0.25, 0.3) is 0 Å². The molecule has 172 valence electrons. The third kappa shape index (κ3) is 5.64. The highest BCUT2D eigenvalue weighted by molar-refractivity contribution is 7.89. The Labute approximate surface area is 185 Å². The van der Waals surface area contributed by atoms with Gasteiger partial charge in [0.1, 0.15) is 6.04 Å². The predicted octanol–water partition coefficient (Wildman–Crippen LogP) is 1.54. The Hall–Kier alpha value is -1.97. The number of carbonyl (C=O) groups excluding carboxylic acids is 2. The van der Waals surface area contributed by atoms with E-state index in [4.69, 9.17) is 4.74 Å². The van der Waals surface area contributed by atoms with E-state index >= 15 is 0 Å². The first-order chi connectivity index (χ1) is 14.8. The average molecular weight is 452 g/mol. The minimum atomic E-state index is -3.55. The van der Waals surface area contributed by atoms with E-state index in [2.05, 4.69) is 5.32 Å². The molecular weight excluding hydrogens is 418 g/mol. The average Bonchev–Trinajstić information content (AvgIpc) is 3.26. The van der Waals surface area contributed by atoms with Crippen molar-refractivity contribution in [2.75, 3.05) is 39.9 Å². The van der Waals surface area contributed by atoms with Crippen molar-refractivity contribution in [2.45, 2.75) is 50.0 Å². The molecule has 2 fully saturated rings. The number of likely N-dealkylation sites (tertiary alicyclic amines) is 1.